The van der Waals surface area contributed by atoms with Crippen molar-refractivity contribution in [1.29, 1.82) is 0 Å². The van der Waals surface area contributed by atoms with Gasteiger partial charge in [-0.2, -0.15) is 0 Å². The molecule has 46 heavy (non-hydrogen) atoms. The third-order valence-corrected chi connectivity index (χ3v) is 7.24. The summed E-state index contributed by atoms with van der Waals surface area (Å²) in [5.74, 6) is -4.97. The summed E-state index contributed by atoms with van der Waals surface area (Å²) < 4.78 is 55.7. The van der Waals surface area contributed by atoms with E-state index < -0.39 is 116 Å². The van der Waals surface area contributed by atoms with Crippen molar-refractivity contribution in [3.05, 3.63) is 0 Å². The van der Waals surface area contributed by atoms with Gasteiger partial charge in [0.2, 0.25) is 0 Å². The molecular formula is C28H40O17S. The molecule has 0 saturated carbocycles. The molecule has 0 spiro atoms. The van der Waals surface area contributed by atoms with Gasteiger partial charge in [-0.25, -0.2) is 0 Å². The fraction of sp³-hybridized carbons (Fsp3) is 0.750. The topological polar surface area (TPSA) is 212 Å². The average Bonchev–Trinajstić information content (AvgIpc) is 2.91. The minimum atomic E-state index is -1.57. The van der Waals surface area contributed by atoms with Gasteiger partial charge in [0.05, 0.1) is 6.61 Å². The van der Waals surface area contributed by atoms with Gasteiger partial charge < -0.3 is 47.4 Å². The van der Waals surface area contributed by atoms with Gasteiger partial charge in [-0.1, -0.05) is 6.92 Å². The number of hydrogen-bond donors (Lipinski definition) is 0. The smallest absolute Gasteiger partial charge is 0.303 e. The Morgan fingerprint density at radius 3 is 1.33 bits per heavy atom. The number of thioether (sulfide) groups is 1. The first-order valence-corrected chi connectivity index (χ1v) is 15.3. The van der Waals surface area contributed by atoms with Crippen LogP contribution in [-0.2, 0) is 80.9 Å². The predicted molar refractivity (Wildman–Crippen MR) is 151 cm³/mol. The van der Waals surface area contributed by atoms with E-state index in [2.05, 4.69) is 0 Å². The normalized spacial score (nSPS) is 30.6. The highest BCUT2D eigenvalue weighted by atomic mass is 32.2. The van der Waals surface area contributed by atoms with E-state index in [-0.39, 0.29) is 0 Å². The highest BCUT2D eigenvalue weighted by Crippen LogP contribution is 2.35. The molecule has 18 heteroatoms. The van der Waals surface area contributed by atoms with Crippen LogP contribution in [-0.4, -0.2) is 121 Å². The van der Waals surface area contributed by atoms with Crippen molar-refractivity contribution in [2.75, 3.05) is 19.0 Å². The molecule has 17 nitrogen and oxygen atoms in total. The third kappa shape index (κ3) is 11.7. The fourth-order valence-corrected chi connectivity index (χ4v) is 5.75. The van der Waals surface area contributed by atoms with Crippen LogP contribution in [0.25, 0.3) is 0 Å². The van der Waals surface area contributed by atoms with E-state index in [9.17, 15) is 33.6 Å². The second kappa shape index (κ2) is 18.0. The number of ether oxygens (including phenoxy) is 10. The molecule has 0 N–H and O–H groups in total. The minimum absolute atomic E-state index is 0.473. The van der Waals surface area contributed by atoms with Crippen molar-refractivity contribution in [3.8, 4) is 0 Å². The maximum Gasteiger partial charge on any atom is 0.303 e. The number of carbonyl (C=O) groups is 7. The van der Waals surface area contributed by atoms with E-state index in [1.54, 1.807) is 6.92 Å². The lowest BCUT2D eigenvalue weighted by Crippen LogP contribution is -2.64. The Balaban J connectivity index is 2.53. The molecule has 0 aromatic rings. The molecule has 0 aromatic heterocycles. The van der Waals surface area contributed by atoms with Crippen LogP contribution in [0.4, 0.5) is 0 Å². The third-order valence-electron chi connectivity index (χ3n) is 6.20. The molecule has 0 aliphatic carbocycles. The van der Waals surface area contributed by atoms with E-state index in [0.29, 0.717) is 5.75 Å². The highest BCUT2D eigenvalue weighted by Gasteiger charge is 2.55. The van der Waals surface area contributed by atoms with Crippen LogP contribution >= 0.6 is 11.8 Å². The Morgan fingerprint density at radius 2 is 0.891 bits per heavy atom. The molecule has 10 atom stereocenters. The van der Waals surface area contributed by atoms with E-state index >= 15 is 0 Å². The summed E-state index contributed by atoms with van der Waals surface area (Å²) in [6, 6.07) is 0. The van der Waals surface area contributed by atoms with Crippen molar-refractivity contribution in [2.45, 2.75) is 116 Å². The Morgan fingerprint density at radius 1 is 0.500 bits per heavy atom. The summed E-state index contributed by atoms with van der Waals surface area (Å²) in [5.41, 5.74) is -0.922. The monoisotopic (exact) mass is 680 g/mol. The molecule has 2 fully saturated rings. The molecule has 2 heterocycles. The molecule has 0 aromatic carbocycles. The van der Waals surface area contributed by atoms with Crippen LogP contribution in [0, 0.1) is 0 Å². The van der Waals surface area contributed by atoms with Gasteiger partial charge in [-0.3, -0.25) is 33.6 Å². The van der Waals surface area contributed by atoms with Gasteiger partial charge in [0, 0.05) is 48.5 Å². The van der Waals surface area contributed by atoms with E-state index in [1.165, 1.54) is 11.8 Å². The number of carbonyl (C=O) groups excluding carboxylic acids is 7. The van der Waals surface area contributed by atoms with E-state index in [0.717, 1.165) is 48.5 Å². The van der Waals surface area contributed by atoms with Crippen LogP contribution in [0.3, 0.4) is 0 Å². The maximum absolute atomic E-state index is 12.2. The number of rotatable bonds is 13. The van der Waals surface area contributed by atoms with E-state index in [1.807, 2.05) is 0 Å². The maximum atomic E-state index is 12.2. The lowest BCUT2D eigenvalue weighted by atomic mass is 9.97. The Kier molecular flexibility index (Phi) is 15.2. The average molecular weight is 681 g/mol. The Bertz CT molecular complexity index is 1130. The van der Waals surface area contributed by atoms with Crippen molar-refractivity contribution in [2.24, 2.45) is 0 Å². The van der Waals surface area contributed by atoms with Crippen LogP contribution in [0.2, 0.25) is 0 Å². The Hall–Kier alpha value is -3.48. The second-order valence-electron chi connectivity index (χ2n) is 10.1. The summed E-state index contributed by atoms with van der Waals surface area (Å²) in [4.78, 5) is 84.1. The summed E-state index contributed by atoms with van der Waals surface area (Å²) >= 11 is 1.21. The van der Waals surface area contributed by atoms with Crippen molar-refractivity contribution in [1.82, 2.24) is 0 Å². The molecule has 0 amide bonds. The zero-order valence-corrected chi connectivity index (χ0v) is 27.6. The summed E-state index contributed by atoms with van der Waals surface area (Å²) in [7, 11) is 0. The summed E-state index contributed by atoms with van der Waals surface area (Å²) in [5, 5.41) is 0. The first kappa shape index (κ1) is 38.7. The summed E-state index contributed by atoms with van der Waals surface area (Å²) in [6.07, 6.45) is -12.4. The predicted octanol–water partition coefficient (Wildman–Crippen LogP) is 0.359. The quantitative estimate of drug-likeness (QED) is 0.190. The van der Waals surface area contributed by atoms with Gasteiger partial charge in [0.25, 0.3) is 0 Å². The number of hydrogen-bond acceptors (Lipinski definition) is 18. The van der Waals surface area contributed by atoms with Crippen LogP contribution in [0.5, 0.6) is 0 Å². The number of esters is 7. The molecule has 2 saturated heterocycles. The second-order valence-corrected chi connectivity index (χ2v) is 11.5. The van der Waals surface area contributed by atoms with Crippen LogP contribution < -0.4 is 0 Å². The molecule has 260 valence electrons. The molecule has 0 radical (unpaired) electrons. The molecule has 2 aliphatic heterocycles. The first-order valence-electron chi connectivity index (χ1n) is 14.2. The van der Waals surface area contributed by atoms with Gasteiger partial charge in [-0.05, 0) is 5.75 Å². The van der Waals surface area contributed by atoms with Crippen molar-refractivity contribution < 1.29 is 80.9 Å². The molecule has 2 rings (SSSR count). The van der Waals surface area contributed by atoms with Gasteiger partial charge in [-0.15, -0.1) is 11.8 Å². The lowest BCUT2D eigenvalue weighted by molar-refractivity contribution is -0.317. The molecule has 2 aliphatic rings. The zero-order chi connectivity index (χ0) is 34.7. The molecule has 0 bridgehead atoms. The first-order chi connectivity index (χ1) is 21.5. The summed E-state index contributed by atoms with van der Waals surface area (Å²) in [6.45, 7) is 8.57. The SMILES string of the molecule is CCS[C@@H]1O[C@H](CO[C@@H]2O[C@H](COC(C)=O)[C@H](OC(C)=O)[C@H](OC(C)=O)[C@H]2OC(C)=O)[C@H](OC(C)=O)[C@H](OC(C)=O)[C@H]1OC(C)=O. The van der Waals surface area contributed by atoms with Gasteiger partial charge >= 0.3 is 41.8 Å². The fourth-order valence-electron chi connectivity index (χ4n) is 4.80. The van der Waals surface area contributed by atoms with Gasteiger partial charge in [0.15, 0.2) is 42.9 Å². The largest absolute Gasteiger partial charge is 0.463 e. The van der Waals surface area contributed by atoms with E-state index in [4.69, 9.17) is 47.4 Å². The lowest BCUT2D eigenvalue weighted by Gasteiger charge is -2.46. The van der Waals surface area contributed by atoms with Crippen LogP contribution in [0.15, 0.2) is 0 Å². The Labute approximate surface area is 269 Å². The van der Waals surface area contributed by atoms with Crippen molar-refractivity contribution >= 4 is 53.5 Å². The molecule has 0 unspecified atom stereocenters. The van der Waals surface area contributed by atoms with Crippen molar-refractivity contribution in [3.63, 3.8) is 0 Å². The van der Waals surface area contributed by atoms with Crippen LogP contribution in [0.1, 0.15) is 55.4 Å². The standard InChI is InChI=1S/C28H40O17S/c1-9-46-28-26(43-18(8)35)24(41-16(6)33)22(39-14(4)31)20(45-28)11-37-27-25(42-17(7)34)23(40-15(5)32)21(38-13(3)30)19(44-27)10-36-12(2)29/h19-28H,9-11H2,1-8H3/t19-,20-,21+,22+,23+,24+,25-,26-,27-,28+/m1/s1. The minimum Gasteiger partial charge on any atom is -0.463 e. The highest BCUT2D eigenvalue weighted by molar-refractivity contribution is 7.99. The zero-order valence-electron chi connectivity index (χ0n) is 26.7. The van der Waals surface area contributed by atoms with Gasteiger partial charge in [0.1, 0.15) is 24.3 Å². The molecular weight excluding hydrogens is 640 g/mol.